The van der Waals surface area contributed by atoms with Crippen LogP contribution < -0.4 is 5.73 Å². The molecule has 3 N–H and O–H groups in total. The summed E-state index contributed by atoms with van der Waals surface area (Å²) in [4.78, 5) is 2.95. The van der Waals surface area contributed by atoms with Crippen molar-refractivity contribution in [3.05, 3.63) is 36.0 Å². The van der Waals surface area contributed by atoms with E-state index in [-0.39, 0.29) is 12.4 Å². The Balaban J connectivity index is 0.00000112. The van der Waals surface area contributed by atoms with Crippen LogP contribution in [0.25, 0.3) is 10.9 Å². The van der Waals surface area contributed by atoms with Crippen molar-refractivity contribution in [2.24, 2.45) is 5.73 Å². The number of halogens is 3. The van der Waals surface area contributed by atoms with E-state index in [0.717, 1.165) is 10.9 Å². The van der Waals surface area contributed by atoms with Crippen LogP contribution in [-0.2, 0) is 0 Å². The average Bonchev–Trinajstić information content (AvgIpc) is 2.62. The minimum absolute atomic E-state index is 0. The van der Waals surface area contributed by atoms with E-state index in [1.54, 1.807) is 24.4 Å². The van der Waals surface area contributed by atoms with E-state index in [0.29, 0.717) is 5.56 Å². The zero-order valence-electron chi connectivity index (χ0n) is 7.78. The zero-order valence-corrected chi connectivity index (χ0v) is 8.60. The van der Waals surface area contributed by atoms with Crippen LogP contribution in [0.5, 0.6) is 0 Å². The summed E-state index contributed by atoms with van der Waals surface area (Å²) in [7, 11) is 0. The van der Waals surface area contributed by atoms with Crippen LogP contribution in [0.15, 0.2) is 30.5 Å². The second-order valence-corrected chi connectivity index (χ2v) is 3.18. The van der Waals surface area contributed by atoms with E-state index in [4.69, 9.17) is 5.73 Å². The Hall–Kier alpha value is -1.13. The van der Waals surface area contributed by atoms with Crippen LogP contribution in [0.2, 0.25) is 0 Å². The summed E-state index contributed by atoms with van der Waals surface area (Å²) in [6.07, 6.45) is -0.759. The molecule has 5 heteroatoms. The maximum absolute atomic E-state index is 12.3. The molecule has 0 amide bonds. The highest BCUT2D eigenvalue weighted by Crippen LogP contribution is 2.21. The number of H-pyrrole nitrogens is 1. The van der Waals surface area contributed by atoms with Crippen LogP contribution in [-0.4, -0.2) is 11.4 Å². The fourth-order valence-corrected chi connectivity index (χ4v) is 1.42. The van der Waals surface area contributed by atoms with Gasteiger partial charge in [-0.25, -0.2) is 8.78 Å². The van der Waals surface area contributed by atoms with Gasteiger partial charge in [0.15, 0.2) is 0 Å². The molecule has 0 saturated heterocycles. The van der Waals surface area contributed by atoms with E-state index < -0.39 is 12.5 Å². The van der Waals surface area contributed by atoms with Gasteiger partial charge >= 0.3 is 0 Å². The van der Waals surface area contributed by atoms with E-state index in [2.05, 4.69) is 4.98 Å². The highest BCUT2D eigenvalue weighted by molar-refractivity contribution is 5.85. The second kappa shape index (κ2) is 4.59. The molecule has 1 atom stereocenters. The number of aromatic nitrogens is 1. The monoisotopic (exact) mass is 232 g/mol. The van der Waals surface area contributed by atoms with Gasteiger partial charge in [-0.15, -0.1) is 12.4 Å². The van der Waals surface area contributed by atoms with Crippen molar-refractivity contribution in [1.82, 2.24) is 4.98 Å². The highest BCUT2D eigenvalue weighted by atomic mass is 35.5. The number of hydrogen-bond acceptors (Lipinski definition) is 1. The maximum Gasteiger partial charge on any atom is 0.257 e. The molecule has 2 nitrogen and oxygen atoms in total. The molecule has 0 bridgehead atoms. The molecule has 0 aliphatic rings. The van der Waals surface area contributed by atoms with Crippen molar-refractivity contribution in [3.63, 3.8) is 0 Å². The first-order chi connectivity index (χ1) is 6.68. The molecule has 15 heavy (non-hydrogen) atoms. The van der Waals surface area contributed by atoms with Gasteiger partial charge in [-0.05, 0) is 23.1 Å². The molecule has 82 valence electrons. The molecule has 0 spiro atoms. The lowest BCUT2D eigenvalue weighted by Gasteiger charge is -2.10. The van der Waals surface area contributed by atoms with Gasteiger partial charge < -0.3 is 10.7 Å². The molecule has 0 aliphatic carbocycles. The summed E-state index contributed by atoms with van der Waals surface area (Å²) >= 11 is 0. The third-order valence-electron chi connectivity index (χ3n) is 2.24. The lowest BCUT2D eigenvalue weighted by Crippen LogP contribution is -2.18. The van der Waals surface area contributed by atoms with Crippen molar-refractivity contribution in [3.8, 4) is 0 Å². The maximum atomic E-state index is 12.3. The van der Waals surface area contributed by atoms with Crippen molar-refractivity contribution < 1.29 is 8.78 Å². The van der Waals surface area contributed by atoms with Gasteiger partial charge in [0.05, 0.1) is 6.04 Å². The number of hydrogen-bond donors (Lipinski definition) is 2. The van der Waals surface area contributed by atoms with E-state index >= 15 is 0 Å². The Morgan fingerprint density at radius 3 is 2.60 bits per heavy atom. The van der Waals surface area contributed by atoms with E-state index in [9.17, 15) is 8.78 Å². The fourth-order valence-electron chi connectivity index (χ4n) is 1.42. The van der Waals surface area contributed by atoms with Crippen molar-refractivity contribution >= 4 is 23.3 Å². The van der Waals surface area contributed by atoms with E-state index in [1.165, 1.54) is 0 Å². The van der Waals surface area contributed by atoms with Gasteiger partial charge in [-0.1, -0.05) is 12.1 Å². The first-order valence-corrected chi connectivity index (χ1v) is 4.29. The van der Waals surface area contributed by atoms with Crippen LogP contribution in [0.3, 0.4) is 0 Å². The average molecular weight is 233 g/mol. The number of rotatable bonds is 2. The second-order valence-electron chi connectivity index (χ2n) is 3.18. The zero-order chi connectivity index (χ0) is 10.1. The van der Waals surface area contributed by atoms with Gasteiger partial charge in [-0.3, -0.25) is 0 Å². The smallest absolute Gasteiger partial charge is 0.257 e. The predicted octanol–water partition coefficient (Wildman–Crippen LogP) is 2.85. The summed E-state index contributed by atoms with van der Waals surface area (Å²) in [6.45, 7) is 0. The summed E-state index contributed by atoms with van der Waals surface area (Å²) in [5, 5.41) is 0.996. The first-order valence-electron chi connectivity index (χ1n) is 4.29. The molecule has 0 unspecified atom stereocenters. The quantitative estimate of drug-likeness (QED) is 0.822. The molecule has 0 fully saturated rings. The topological polar surface area (TPSA) is 41.8 Å². The molecule has 1 aromatic carbocycles. The summed E-state index contributed by atoms with van der Waals surface area (Å²) in [5.41, 5.74) is 6.62. The molecular formula is C10H11ClF2N2. The molecule has 2 aromatic rings. The normalized spacial score (nSPS) is 12.8. The number of nitrogens with one attached hydrogen (secondary N) is 1. The Labute approximate surface area is 91.9 Å². The number of nitrogens with two attached hydrogens (primary N) is 1. The first kappa shape index (κ1) is 11.9. The Morgan fingerprint density at radius 1 is 1.20 bits per heavy atom. The highest BCUT2D eigenvalue weighted by Gasteiger charge is 2.17. The molecule has 0 aliphatic heterocycles. The standard InChI is InChI=1S/C10H10F2N2.ClH/c11-10(12)9(13)7-2-1-6-3-4-14-8(6)5-7;/h1-5,9-10,14H,13H2;1H/t9-;/m1./s1. The largest absolute Gasteiger partial charge is 0.361 e. The van der Waals surface area contributed by atoms with Crippen molar-refractivity contribution in [1.29, 1.82) is 0 Å². The van der Waals surface area contributed by atoms with Crippen LogP contribution >= 0.6 is 12.4 Å². The van der Waals surface area contributed by atoms with Crippen molar-refractivity contribution in [2.75, 3.05) is 0 Å². The minimum Gasteiger partial charge on any atom is -0.361 e. The number of alkyl halides is 2. The molecule has 0 saturated carbocycles. The van der Waals surface area contributed by atoms with Gasteiger partial charge in [0, 0.05) is 11.7 Å². The molecule has 0 radical (unpaired) electrons. The molecular weight excluding hydrogens is 222 g/mol. The lowest BCUT2D eigenvalue weighted by atomic mass is 10.1. The van der Waals surface area contributed by atoms with Crippen LogP contribution in [0.1, 0.15) is 11.6 Å². The third kappa shape index (κ3) is 2.27. The third-order valence-corrected chi connectivity index (χ3v) is 2.24. The SMILES string of the molecule is Cl.N[C@H](c1ccc2cc[nH]c2c1)C(F)F. The lowest BCUT2D eigenvalue weighted by molar-refractivity contribution is 0.116. The fraction of sp³-hybridized carbons (Fsp3) is 0.200. The van der Waals surface area contributed by atoms with Crippen LogP contribution in [0.4, 0.5) is 8.78 Å². The molecule has 1 heterocycles. The van der Waals surface area contributed by atoms with Gasteiger partial charge in [-0.2, -0.15) is 0 Å². The number of fused-ring (bicyclic) bond motifs is 1. The number of aromatic amines is 1. The molecule has 1 aromatic heterocycles. The summed E-state index contributed by atoms with van der Waals surface area (Å²) in [6, 6.07) is 5.75. The van der Waals surface area contributed by atoms with Crippen molar-refractivity contribution in [2.45, 2.75) is 12.5 Å². The Kier molecular flexibility index (Phi) is 3.66. The summed E-state index contributed by atoms with van der Waals surface area (Å²) < 4.78 is 24.6. The van der Waals surface area contributed by atoms with Crippen LogP contribution in [0, 0.1) is 0 Å². The van der Waals surface area contributed by atoms with Gasteiger partial charge in [0.25, 0.3) is 6.43 Å². The minimum atomic E-state index is -2.53. The Bertz CT molecular complexity index is 442. The van der Waals surface area contributed by atoms with Gasteiger partial charge in [0.2, 0.25) is 0 Å². The number of benzene rings is 1. The predicted molar refractivity (Wildman–Crippen MR) is 58.5 cm³/mol. The van der Waals surface area contributed by atoms with E-state index in [1.807, 2.05) is 6.07 Å². The molecule has 2 rings (SSSR count). The Morgan fingerprint density at radius 2 is 1.93 bits per heavy atom. The summed E-state index contributed by atoms with van der Waals surface area (Å²) in [5.74, 6) is 0. The van der Waals surface area contributed by atoms with Gasteiger partial charge in [0.1, 0.15) is 0 Å².